The van der Waals surface area contributed by atoms with Gasteiger partial charge in [-0.25, -0.2) is 4.98 Å². The van der Waals surface area contributed by atoms with Crippen LogP contribution in [0.25, 0.3) is 0 Å². The molecule has 1 fully saturated rings. The van der Waals surface area contributed by atoms with Crippen LogP contribution in [0, 0.1) is 0 Å². The molecule has 0 spiro atoms. The second-order valence-corrected chi connectivity index (χ2v) is 6.98. The predicted octanol–water partition coefficient (Wildman–Crippen LogP) is -1.49. The summed E-state index contributed by atoms with van der Waals surface area (Å²) in [5, 5.41) is 24.2. The number of carbonyl (C=O) groups is 3. The summed E-state index contributed by atoms with van der Waals surface area (Å²) in [6.07, 6.45) is 5.54. The standard InChI is InChI=1S/C18H28BN5O6/c1-2-3-4-15(19(28)29)23-17(26)13(11-16(25)24-7-9-30-10-8-24)22-18(27)14-12-20-5-6-21-14/h5-6,12-13,15,28-29H,2-4,7-11H2,1H3,(H,22,27)(H,23,26). The Bertz CT molecular complexity index is 702. The van der Waals surface area contributed by atoms with Crippen LogP contribution in [0.15, 0.2) is 18.6 Å². The number of morpholine rings is 1. The maximum absolute atomic E-state index is 12.8. The lowest BCUT2D eigenvalue weighted by Crippen LogP contribution is -2.55. The van der Waals surface area contributed by atoms with Gasteiger partial charge >= 0.3 is 7.12 Å². The molecule has 1 aliphatic heterocycles. The molecule has 2 rings (SSSR count). The summed E-state index contributed by atoms with van der Waals surface area (Å²) in [4.78, 5) is 47.2. The Labute approximate surface area is 175 Å². The van der Waals surface area contributed by atoms with Crippen LogP contribution >= 0.6 is 0 Å². The molecule has 2 heterocycles. The smallest absolute Gasteiger partial charge is 0.426 e. The molecule has 0 saturated carbocycles. The summed E-state index contributed by atoms with van der Waals surface area (Å²) in [5.74, 6) is -2.56. The highest BCUT2D eigenvalue weighted by Gasteiger charge is 2.32. The van der Waals surface area contributed by atoms with Crippen LogP contribution in [0.3, 0.4) is 0 Å². The number of carbonyl (C=O) groups excluding carboxylic acids is 3. The van der Waals surface area contributed by atoms with Crippen molar-refractivity contribution in [1.29, 1.82) is 0 Å². The molecule has 0 aliphatic carbocycles. The second-order valence-electron chi connectivity index (χ2n) is 6.98. The third-order valence-corrected chi connectivity index (χ3v) is 4.72. The van der Waals surface area contributed by atoms with Gasteiger partial charge in [0.2, 0.25) is 11.8 Å². The Kier molecular flexibility index (Phi) is 9.65. The van der Waals surface area contributed by atoms with Crippen molar-refractivity contribution in [2.75, 3.05) is 26.3 Å². The normalized spacial score (nSPS) is 15.8. The first-order valence-electron chi connectivity index (χ1n) is 10.0. The van der Waals surface area contributed by atoms with E-state index in [-0.39, 0.29) is 18.0 Å². The summed E-state index contributed by atoms with van der Waals surface area (Å²) < 4.78 is 5.23. The molecule has 1 aromatic heterocycles. The minimum atomic E-state index is -1.76. The van der Waals surface area contributed by atoms with Gasteiger partial charge in [-0.1, -0.05) is 19.8 Å². The molecule has 1 saturated heterocycles. The van der Waals surface area contributed by atoms with Crippen molar-refractivity contribution < 1.29 is 29.2 Å². The number of hydrogen-bond acceptors (Lipinski definition) is 8. The average Bonchev–Trinajstić information content (AvgIpc) is 2.76. The molecule has 1 aromatic rings. The van der Waals surface area contributed by atoms with Crippen LogP contribution in [-0.4, -0.2) is 88.0 Å². The van der Waals surface area contributed by atoms with Crippen molar-refractivity contribution >= 4 is 24.8 Å². The van der Waals surface area contributed by atoms with Gasteiger partial charge in [0.1, 0.15) is 11.7 Å². The van der Waals surface area contributed by atoms with E-state index in [2.05, 4.69) is 20.6 Å². The average molecular weight is 421 g/mol. The van der Waals surface area contributed by atoms with Gasteiger partial charge in [-0.2, -0.15) is 0 Å². The molecule has 0 radical (unpaired) electrons. The van der Waals surface area contributed by atoms with E-state index in [1.54, 1.807) is 4.90 Å². The minimum Gasteiger partial charge on any atom is -0.426 e. The minimum absolute atomic E-state index is 0.00107. The van der Waals surface area contributed by atoms with Crippen molar-refractivity contribution in [3.63, 3.8) is 0 Å². The largest absolute Gasteiger partial charge is 0.475 e. The van der Waals surface area contributed by atoms with Gasteiger partial charge in [0.15, 0.2) is 0 Å². The van der Waals surface area contributed by atoms with E-state index in [0.29, 0.717) is 39.1 Å². The Balaban J connectivity index is 2.10. The first-order valence-corrected chi connectivity index (χ1v) is 10.0. The number of nitrogens with zero attached hydrogens (tertiary/aromatic N) is 3. The highest BCUT2D eigenvalue weighted by molar-refractivity contribution is 6.43. The van der Waals surface area contributed by atoms with Crippen molar-refractivity contribution in [2.24, 2.45) is 0 Å². The second kappa shape index (κ2) is 12.2. The summed E-state index contributed by atoms with van der Waals surface area (Å²) in [7, 11) is -1.76. The predicted molar refractivity (Wildman–Crippen MR) is 107 cm³/mol. The zero-order valence-electron chi connectivity index (χ0n) is 17.0. The fourth-order valence-corrected chi connectivity index (χ4v) is 2.98. The Morgan fingerprint density at radius 3 is 2.57 bits per heavy atom. The number of hydrogen-bond donors (Lipinski definition) is 4. The molecule has 1 aliphatic rings. The maximum atomic E-state index is 12.8. The highest BCUT2D eigenvalue weighted by Crippen LogP contribution is 2.07. The van der Waals surface area contributed by atoms with Crippen LogP contribution in [0.4, 0.5) is 0 Å². The number of nitrogens with one attached hydrogen (secondary N) is 2. The van der Waals surface area contributed by atoms with Gasteiger partial charge in [-0.3, -0.25) is 19.4 Å². The summed E-state index contributed by atoms with van der Waals surface area (Å²) in [5.41, 5.74) is -0.00107. The molecule has 12 heteroatoms. The molecule has 0 bridgehead atoms. The first-order chi connectivity index (χ1) is 14.4. The van der Waals surface area contributed by atoms with E-state index in [1.165, 1.54) is 18.6 Å². The van der Waals surface area contributed by atoms with E-state index >= 15 is 0 Å². The molecule has 2 unspecified atom stereocenters. The fourth-order valence-electron chi connectivity index (χ4n) is 2.98. The number of rotatable bonds is 10. The fraction of sp³-hybridized carbons (Fsp3) is 0.611. The quantitative estimate of drug-likeness (QED) is 0.333. The molecule has 2 atom stereocenters. The Morgan fingerprint density at radius 1 is 1.23 bits per heavy atom. The molecule has 4 N–H and O–H groups in total. The SMILES string of the molecule is CCCCC(NC(=O)C(CC(=O)N1CCOCC1)NC(=O)c1cnccn1)B(O)O. The topological polar surface area (TPSA) is 154 Å². The molecular weight excluding hydrogens is 393 g/mol. The van der Waals surface area contributed by atoms with Gasteiger partial charge in [0.25, 0.3) is 5.91 Å². The maximum Gasteiger partial charge on any atom is 0.475 e. The van der Waals surface area contributed by atoms with E-state index < -0.39 is 30.9 Å². The lowest BCUT2D eigenvalue weighted by atomic mass is 9.76. The van der Waals surface area contributed by atoms with E-state index in [4.69, 9.17) is 4.74 Å². The molecule has 3 amide bonds. The van der Waals surface area contributed by atoms with Gasteiger partial charge in [-0.15, -0.1) is 0 Å². The number of unbranched alkanes of at least 4 members (excludes halogenated alkanes) is 1. The first kappa shape index (κ1) is 23.7. The number of amides is 3. The molecular formula is C18H28BN5O6. The van der Waals surface area contributed by atoms with Gasteiger partial charge in [-0.05, 0) is 6.42 Å². The van der Waals surface area contributed by atoms with Crippen LogP contribution in [-0.2, 0) is 14.3 Å². The van der Waals surface area contributed by atoms with E-state index in [9.17, 15) is 24.4 Å². The van der Waals surface area contributed by atoms with Crippen molar-refractivity contribution in [1.82, 2.24) is 25.5 Å². The van der Waals surface area contributed by atoms with Crippen LogP contribution in [0.5, 0.6) is 0 Å². The van der Waals surface area contributed by atoms with Crippen LogP contribution in [0.1, 0.15) is 43.1 Å². The van der Waals surface area contributed by atoms with Crippen LogP contribution in [0.2, 0.25) is 0 Å². The third kappa shape index (κ3) is 7.36. The third-order valence-electron chi connectivity index (χ3n) is 4.72. The molecule has 30 heavy (non-hydrogen) atoms. The molecule has 0 aromatic carbocycles. The van der Waals surface area contributed by atoms with Gasteiger partial charge in [0.05, 0.1) is 31.8 Å². The number of ether oxygens (including phenoxy) is 1. The van der Waals surface area contributed by atoms with E-state index in [0.717, 1.165) is 6.42 Å². The zero-order chi connectivity index (χ0) is 21.9. The number of aromatic nitrogens is 2. The van der Waals surface area contributed by atoms with E-state index in [1.807, 2.05) is 6.92 Å². The summed E-state index contributed by atoms with van der Waals surface area (Å²) >= 11 is 0. The van der Waals surface area contributed by atoms with Crippen molar-refractivity contribution in [2.45, 2.75) is 44.6 Å². The molecule has 164 valence electrons. The van der Waals surface area contributed by atoms with Gasteiger partial charge < -0.3 is 30.3 Å². The van der Waals surface area contributed by atoms with Crippen LogP contribution < -0.4 is 10.6 Å². The molecule has 11 nitrogen and oxygen atoms in total. The Hall–Kier alpha value is -2.57. The Morgan fingerprint density at radius 2 is 1.97 bits per heavy atom. The zero-order valence-corrected chi connectivity index (χ0v) is 17.0. The van der Waals surface area contributed by atoms with Crippen molar-refractivity contribution in [3.05, 3.63) is 24.3 Å². The van der Waals surface area contributed by atoms with Gasteiger partial charge in [0, 0.05) is 25.5 Å². The lowest BCUT2D eigenvalue weighted by Gasteiger charge is -2.29. The highest BCUT2D eigenvalue weighted by atomic mass is 16.5. The van der Waals surface area contributed by atoms with Crippen molar-refractivity contribution in [3.8, 4) is 0 Å². The monoisotopic (exact) mass is 421 g/mol. The lowest BCUT2D eigenvalue weighted by molar-refractivity contribution is -0.138. The summed E-state index contributed by atoms with van der Waals surface area (Å²) in [6, 6.07) is -1.21. The summed E-state index contributed by atoms with van der Waals surface area (Å²) in [6.45, 7) is 3.56.